The van der Waals surface area contributed by atoms with Crippen molar-refractivity contribution in [3.63, 3.8) is 0 Å². The molecule has 0 aliphatic carbocycles. The lowest BCUT2D eigenvalue weighted by atomic mass is 10.1. The largest absolute Gasteiger partial charge is 0.405 e. The van der Waals surface area contributed by atoms with Crippen LogP contribution in [0.1, 0.15) is 6.92 Å². The molecule has 5 unspecified atom stereocenters. The van der Waals surface area contributed by atoms with Gasteiger partial charge in [-0.05, 0) is 13.5 Å². The van der Waals surface area contributed by atoms with E-state index in [1.165, 1.54) is 0 Å². The molecule has 1 aliphatic heterocycles. The maximum absolute atomic E-state index is 6.79. The summed E-state index contributed by atoms with van der Waals surface area (Å²) < 4.78 is 6.27. The Balaban J connectivity index is 3.37. The Bertz CT molecular complexity index is 337. The molecule has 0 bridgehead atoms. The number of hydrogen-bond acceptors (Lipinski definition) is 1. The van der Waals surface area contributed by atoms with Crippen LogP contribution in [0.4, 0.5) is 0 Å². The first-order chi connectivity index (χ1) is 7.70. The third-order valence-electron chi connectivity index (χ3n) is 3.79. The van der Waals surface area contributed by atoms with Crippen LogP contribution in [0.2, 0.25) is 13.1 Å². The van der Waals surface area contributed by atoms with Crippen molar-refractivity contribution < 1.29 is 4.43 Å². The molecule has 0 radical (unpaired) electrons. The Hall–Kier alpha value is 0.411. The summed E-state index contributed by atoms with van der Waals surface area (Å²) in [5.41, 5.74) is 3.48. The van der Waals surface area contributed by atoms with Crippen LogP contribution < -0.4 is 0 Å². The Morgan fingerprint density at radius 3 is 2.18 bits per heavy atom. The molecule has 5 atom stereocenters. The van der Waals surface area contributed by atoms with E-state index < -0.39 is 28.2 Å². The molecule has 17 heavy (non-hydrogen) atoms. The monoisotopic (exact) mass is 322 g/mol. The van der Waals surface area contributed by atoms with Gasteiger partial charge < -0.3 is 4.43 Å². The van der Waals surface area contributed by atoms with Crippen molar-refractivity contribution in [2.45, 2.75) is 30.6 Å². The van der Waals surface area contributed by atoms with Crippen LogP contribution in [-0.2, 0) is 4.43 Å². The normalized spacial score (nSPS) is 50.6. The van der Waals surface area contributed by atoms with Gasteiger partial charge in [-0.3, -0.25) is 0 Å². The number of alkyl halides is 1. The predicted molar refractivity (Wildman–Crippen MR) is 86.0 cm³/mol. The van der Waals surface area contributed by atoms with E-state index in [0.717, 1.165) is 0 Å². The van der Waals surface area contributed by atoms with Gasteiger partial charge in [0.05, 0.1) is 10.6 Å². The van der Waals surface area contributed by atoms with Gasteiger partial charge in [-0.2, -0.15) is 11.1 Å². The van der Waals surface area contributed by atoms with Gasteiger partial charge >= 0.3 is 0 Å². The lowest BCUT2D eigenvalue weighted by Gasteiger charge is -2.53. The van der Waals surface area contributed by atoms with Crippen molar-refractivity contribution in [2.24, 2.45) is 0 Å². The molecule has 0 N–H and O–H groups in total. The molecular weight excluding hydrogens is 303 g/mol. The van der Waals surface area contributed by atoms with Gasteiger partial charge in [-0.15, -0.1) is 37.0 Å². The number of hydrogen-bond donors (Lipinski definition) is 0. The maximum atomic E-state index is 6.79. The molecule has 96 valence electrons. The fourth-order valence-electron chi connectivity index (χ4n) is 2.44. The Morgan fingerprint density at radius 1 is 1.29 bits per heavy atom. The second kappa shape index (κ2) is 4.83. The molecular formula is C11H20Cl2OSi3. The second-order valence-corrected chi connectivity index (χ2v) is 29.3. The van der Waals surface area contributed by atoms with E-state index in [-0.39, 0.29) is 5.00 Å². The third kappa shape index (κ3) is 2.19. The first-order valence-electron chi connectivity index (χ1n) is 5.59. The molecule has 1 fully saturated rings. The smallest absolute Gasteiger partial charge is 0.213 e. The highest BCUT2D eigenvalue weighted by atomic mass is 35.6. The van der Waals surface area contributed by atoms with Crippen molar-refractivity contribution in [1.29, 1.82) is 0 Å². The molecule has 1 saturated heterocycles. The van der Waals surface area contributed by atoms with Gasteiger partial charge in [0.25, 0.3) is 0 Å². The van der Waals surface area contributed by atoms with Gasteiger partial charge in [0.2, 0.25) is 7.83 Å². The molecule has 1 rings (SSSR count). The molecule has 1 nitrogen and oxygen atoms in total. The van der Waals surface area contributed by atoms with Gasteiger partial charge in [0.15, 0.2) is 7.14 Å². The average Bonchev–Trinajstić information content (AvgIpc) is 2.34. The summed E-state index contributed by atoms with van der Waals surface area (Å²) in [6, 6.07) is 0. The van der Waals surface area contributed by atoms with Gasteiger partial charge in [0.1, 0.15) is 7.59 Å². The minimum absolute atomic E-state index is 0.0975. The number of rotatable bonds is 3. The molecule has 0 aromatic heterocycles. The number of halogens is 2. The lowest BCUT2D eigenvalue weighted by molar-refractivity contribution is 0.150. The fourth-order valence-corrected chi connectivity index (χ4v) is 36.7. The summed E-state index contributed by atoms with van der Waals surface area (Å²) in [5, 5.41) is -0.0975. The van der Waals surface area contributed by atoms with Crippen LogP contribution in [0.5, 0.6) is 0 Å². The minimum atomic E-state index is -2.07. The molecule has 0 aromatic rings. The van der Waals surface area contributed by atoms with Gasteiger partial charge in [0, 0.05) is 0 Å². The highest BCUT2D eigenvalue weighted by molar-refractivity contribution is 7.76. The van der Waals surface area contributed by atoms with E-state index in [9.17, 15) is 0 Å². The van der Waals surface area contributed by atoms with Crippen molar-refractivity contribution in [1.82, 2.24) is 0 Å². The predicted octanol–water partition coefficient (Wildman–Crippen LogP) is 3.33. The maximum Gasteiger partial charge on any atom is 0.213 e. The molecule has 1 aliphatic rings. The molecule has 1 heterocycles. The van der Waals surface area contributed by atoms with E-state index in [1.54, 1.807) is 0 Å². The summed E-state index contributed by atoms with van der Waals surface area (Å²) in [7, 11) is -5.56. The molecule has 6 heteroatoms. The van der Waals surface area contributed by atoms with Crippen LogP contribution in [0, 0.1) is 0 Å². The van der Waals surface area contributed by atoms with Crippen molar-refractivity contribution in [2.75, 3.05) is 0 Å². The SMILES string of the molecule is C=CC1(C)O[Si](C)(C=C)[SiH](Cl)[Si](C)(C=C)C1Cl. The zero-order chi connectivity index (χ0) is 13.5. The highest BCUT2D eigenvalue weighted by Crippen LogP contribution is 2.43. The van der Waals surface area contributed by atoms with Crippen molar-refractivity contribution in [3.05, 3.63) is 37.2 Å². The summed E-state index contributed by atoms with van der Waals surface area (Å²) in [5.74, 6) is 0. The summed E-state index contributed by atoms with van der Waals surface area (Å²) >= 11 is 13.4. The van der Waals surface area contributed by atoms with E-state index in [4.69, 9.17) is 27.1 Å². The topological polar surface area (TPSA) is 9.23 Å². The quantitative estimate of drug-likeness (QED) is 0.335. The van der Waals surface area contributed by atoms with Crippen molar-refractivity contribution >= 4 is 45.2 Å². The average molecular weight is 323 g/mol. The first kappa shape index (κ1) is 15.5. The minimum Gasteiger partial charge on any atom is -0.405 e. The summed E-state index contributed by atoms with van der Waals surface area (Å²) in [6.07, 6.45) is 1.81. The van der Waals surface area contributed by atoms with Crippen LogP contribution >= 0.6 is 22.7 Å². The van der Waals surface area contributed by atoms with Crippen molar-refractivity contribution in [3.8, 4) is 0 Å². The molecule has 0 saturated carbocycles. The van der Waals surface area contributed by atoms with E-state index in [0.29, 0.717) is 0 Å². The third-order valence-corrected chi connectivity index (χ3v) is 40.6. The van der Waals surface area contributed by atoms with E-state index in [2.05, 4.69) is 32.8 Å². The van der Waals surface area contributed by atoms with Crippen LogP contribution in [0.15, 0.2) is 37.2 Å². The van der Waals surface area contributed by atoms with Crippen LogP contribution in [-0.4, -0.2) is 33.2 Å². The summed E-state index contributed by atoms with van der Waals surface area (Å²) in [4.78, 5) is 0. The lowest BCUT2D eigenvalue weighted by Crippen LogP contribution is -2.76. The highest BCUT2D eigenvalue weighted by Gasteiger charge is 2.62. The van der Waals surface area contributed by atoms with E-state index in [1.807, 2.05) is 24.4 Å². The zero-order valence-electron chi connectivity index (χ0n) is 10.7. The van der Waals surface area contributed by atoms with Gasteiger partial charge in [-0.1, -0.05) is 18.3 Å². The van der Waals surface area contributed by atoms with Gasteiger partial charge in [-0.25, -0.2) is 0 Å². The fraction of sp³-hybridized carbons (Fsp3) is 0.455. The summed E-state index contributed by atoms with van der Waals surface area (Å²) in [6.45, 7) is 18.1. The molecule has 0 amide bonds. The molecule has 0 aromatic carbocycles. The van der Waals surface area contributed by atoms with Crippen LogP contribution in [0.25, 0.3) is 0 Å². The first-order valence-corrected chi connectivity index (χ1v) is 16.5. The van der Waals surface area contributed by atoms with Crippen LogP contribution in [0.3, 0.4) is 0 Å². The zero-order valence-corrected chi connectivity index (χ0v) is 15.3. The van der Waals surface area contributed by atoms with E-state index >= 15 is 0 Å². The standard InChI is InChI=1S/C11H20Cl2OSi3/c1-7-11(4)10(12)16(5,8-2)15(13)17(6,9-3)14-11/h7-10,15H,1-3H2,4-6H3. The molecule has 0 spiro atoms. The Kier molecular flexibility index (Phi) is 4.39. The Labute approximate surface area is 117 Å². The second-order valence-electron chi connectivity index (χ2n) is 5.17. The Morgan fingerprint density at radius 2 is 1.82 bits per heavy atom.